The van der Waals surface area contributed by atoms with Crippen LogP contribution in [-0.4, -0.2) is 43.9 Å². The number of nitrogens with zero attached hydrogens (tertiary/aromatic N) is 1. The van der Waals surface area contributed by atoms with Gasteiger partial charge in [-0.1, -0.05) is 0 Å². The molecule has 2 aliphatic heterocycles. The quantitative estimate of drug-likeness (QED) is 0.891. The molecule has 136 valence electrons. The zero-order valence-corrected chi connectivity index (χ0v) is 15.6. The highest BCUT2D eigenvalue weighted by molar-refractivity contribution is 7.89. The van der Waals surface area contributed by atoms with Gasteiger partial charge in [0.1, 0.15) is 0 Å². The highest BCUT2D eigenvalue weighted by Crippen LogP contribution is 2.40. The van der Waals surface area contributed by atoms with Crippen LogP contribution in [0.15, 0.2) is 23.1 Å². The molecule has 25 heavy (non-hydrogen) atoms. The number of carbonyl (C=O) groups excluding carboxylic acids is 1. The van der Waals surface area contributed by atoms with E-state index in [9.17, 15) is 13.2 Å². The Bertz CT molecular complexity index is 829. The van der Waals surface area contributed by atoms with E-state index in [1.807, 2.05) is 20.8 Å². The van der Waals surface area contributed by atoms with Crippen LogP contribution in [0, 0.1) is 5.92 Å². The molecule has 1 aromatic rings. The van der Waals surface area contributed by atoms with Gasteiger partial charge in [-0.25, -0.2) is 8.42 Å². The van der Waals surface area contributed by atoms with E-state index >= 15 is 0 Å². The molecule has 1 saturated carbocycles. The average molecular weight is 364 g/mol. The molecule has 0 spiro atoms. The third-order valence-electron chi connectivity index (χ3n) is 5.52. The van der Waals surface area contributed by atoms with Crippen molar-refractivity contribution >= 4 is 21.6 Å². The molecular formula is C18H24N2O4S. The Kier molecular flexibility index (Phi) is 3.76. The van der Waals surface area contributed by atoms with E-state index in [2.05, 4.69) is 5.32 Å². The van der Waals surface area contributed by atoms with Crippen LogP contribution in [0.1, 0.15) is 39.2 Å². The van der Waals surface area contributed by atoms with Crippen LogP contribution < -0.4 is 5.32 Å². The molecule has 4 rings (SSSR count). The van der Waals surface area contributed by atoms with Crippen LogP contribution in [0.5, 0.6) is 0 Å². The van der Waals surface area contributed by atoms with E-state index in [1.165, 1.54) is 0 Å². The fourth-order valence-corrected chi connectivity index (χ4v) is 5.29. The number of fused-ring (bicyclic) bond motifs is 1. The third kappa shape index (κ3) is 2.78. The predicted octanol–water partition coefficient (Wildman–Crippen LogP) is 2.10. The number of rotatable bonds is 3. The van der Waals surface area contributed by atoms with Crippen molar-refractivity contribution < 1.29 is 17.9 Å². The largest absolute Gasteiger partial charge is 0.372 e. The number of hydrogen-bond donors (Lipinski definition) is 1. The van der Waals surface area contributed by atoms with Gasteiger partial charge >= 0.3 is 0 Å². The van der Waals surface area contributed by atoms with Crippen molar-refractivity contribution in [3.8, 4) is 0 Å². The van der Waals surface area contributed by atoms with E-state index in [-0.39, 0.29) is 23.0 Å². The minimum Gasteiger partial charge on any atom is -0.372 e. The number of sulfonamides is 1. The standard InChI is InChI=1S/C18H24N2O4S/c1-11-9-20(10-16(24-11)12-4-5-12)25(22,23)13-6-7-15-14(8-13)18(2,3)17(21)19-15/h6-8,11-12,16H,4-5,9-10H2,1-3H3,(H,19,21). The number of amides is 1. The summed E-state index contributed by atoms with van der Waals surface area (Å²) in [5.74, 6) is 0.382. The molecule has 0 radical (unpaired) electrons. The molecule has 2 atom stereocenters. The molecular weight excluding hydrogens is 340 g/mol. The number of morpholine rings is 1. The van der Waals surface area contributed by atoms with Crippen LogP contribution in [-0.2, 0) is 25.0 Å². The van der Waals surface area contributed by atoms with Crippen molar-refractivity contribution in [3.05, 3.63) is 23.8 Å². The summed E-state index contributed by atoms with van der Waals surface area (Å²) < 4.78 is 33.8. The number of hydrogen-bond acceptors (Lipinski definition) is 4. The summed E-state index contributed by atoms with van der Waals surface area (Å²) in [5.41, 5.74) is 0.703. The topological polar surface area (TPSA) is 75.7 Å². The van der Waals surface area contributed by atoms with Gasteiger partial charge in [0.15, 0.2) is 0 Å². The molecule has 0 bridgehead atoms. The first-order valence-corrected chi connectivity index (χ1v) is 10.2. The lowest BCUT2D eigenvalue weighted by Gasteiger charge is -2.36. The molecule has 2 unspecified atom stereocenters. The monoisotopic (exact) mass is 364 g/mol. The van der Waals surface area contributed by atoms with Crippen molar-refractivity contribution in [2.45, 2.75) is 56.1 Å². The van der Waals surface area contributed by atoms with Gasteiger partial charge in [-0.3, -0.25) is 4.79 Å². The van der Waals surface area contributed by atoms with Crippen molar-refractivity contribution in [1.29, 1.82) is 0 Å². The van der Waals surface area contributed by atoms with Crippen LogP contribution in [0.3, 0.4) is 0 Å². The van der Waals surface area contributed by atoms with Crippen molar-refractivity contribution in [2.24, 2.45) is 5.92 Å². The van der Waals surface area contributed by atoms with E-state index in [4.69, 9.17) is 4.74 Å². The van der Waals surface area contributed by atoms with E-state index < -0.39 is 15.4 Å². The summed E-state index contributed by atoms with van der Waals surface area (Å²) in [5, 5.41) is 2.82. The summed E-state index contributed by atoms with van der Waals surface area (Å²) >= 11 is 0. The number of nitrogens with one attached hydrogen (secondary N) is 1. The lowest BCUT2D eigenvalue weighted by Crippen LogP contribution is -2.49. The molecule has 2 fully saturated rings. The van der Waals surface area contributed by atoms with Gasteiger partial charge < -0.3 is 10.1 Å². The summed E-state index contributed by atoms with van der Waals surface area (Å²) in [6, 6.07) is 4.92. The second kappa shape index (κ2) is 5.53. The Morgan fingerprint density at radius 1 is 1.24 bits per heavy atom. The average Bonchev–Trinajstić information content (AvgIpc) is 3.36. The number of anilines is 1. The maximum atomic E-state index is 13.2. The zero-order valence-electron chi connectivity index (χ0n) is 14.8. The Hall–Kier alpha value is -1.44. The molecule has 1 N–H and O–H groups in total. The molecule has 3 aliphatic rings. The van der Waals surface area contributed by atoms with Gasteiger partial charge in [-0.2, -0.15) is 4.31 Å². The predicted molar refractivity (Wildman–Crippen MR) is 93.9 cm³/mol. The SMILES string of the molecule is CC1CN(S(=O)(=O)c2ccc3c(c2)C(C)(C)C(=O)N3)CC(C2CC2)O1. The summed E-state index contributed by atoms with van der Waals surface area (Å²) in [4.78, 5) is 12.3. The van der Waals surface area contributed by atoms with Gasteiger partial charge in [0.2, 0.25) is 15.9 Å². The van der Waals surface area contributed by atoms with E-state index in [0.29, 0.717) is 24.7 Å². The number of ether oxygens (including phenoxy) is 1. The van der Waals surface area contributed by atoms with Gasteiger partial charge in [-0.05, 0) is 63.3 Å². The molecule has 0 aromatic heterocycles. The van der Waals surface area contributed by atoms with Gasteiger partial charge in [-0.15, -0.1) is 0 Å². The Balaban J connectivity index is 1.67. The fraction of sp³-hybridized carbons (Fsp3) is 0.611. The third-order valence-corrected chi connectivity index (χ3v) is 7.34. The normalized spacial score (nSPS) is 29.3. The number of benzene rings is 1. The highest BCUT2D eigenvalue weighted by Gasteiger charge is 2.43. The van der Waals surface area contributed by atoms with E-state index in [0.717, 1.165) is 18.4 Å². The van der Waals surface area contributed by atoms with Gasteiger partial charge in [0.25, 0.3) is 0 Å². The summed E-state index contributed by atoms with van der Waals surface area (Å²) in [6.45, 7) is 6.32. The van der Waals surface area contributed by atoms with Crippen molar-refractivity contribution in [2.75, 3.05) is 18.4 Å². The van der Waals surface area contributed by atoms with Crippen molar-refractivity contribution in [3.63, 3.8) is 0 Å². The molecule has 1 amide bonds. The second-order valence-electron chi connectivity index (χ2n) is 7.93. The maximum absolute atomic E-state index is 13.2. The lowest BCUT2D eigenvalue weighted by molar-refractivity contribution is -0.119. The minimum atomic E-state index is -3.61. The van der Waals surface area contributed by atoms with E-state index in [1.54, 1.807) is 22.5 Å². The van der Waals surface area contributed by atoms with Gasteiger partial charge in [0.05, 0.1) is 22.5 Å². The smallest absolute Gasteiger partial charge is 0.243 e. The molecule has 6 nitrogen and oxygen atoms in total. The fourth-order valence-electron chi connectivity index (χ4n) is 3.73. The van der Waals surface area contributed by atoms with Crippen molar-refractivity contribution in [1.82, 2.24) is 4.31 Å². The van der Waals surface area contributed by atoms with Crippen LogP contribution >= 0.6 is 0 Å². The summed E-state index contributed by atoms with van der Waals surface area (Å²) in [6.07, 6.45) is 2.12. The first kappa shape index (κ1) is 17.0. The molecule has 1 aliphatic carbocycles. The lowest BCUT2D eigenvalue weighted by atomic mass is 9.86. The van der Waals surface area contributed by atoms with Crippen LogP contribution in [0.2, 0.25) is 0 Å². The Morgan fingerprint density at radius 2 is 1.96 bits per heavy atom. The Morgan fingerprint density at radius 3 is 2.64 bits per heavy atom. The zero-order chi connectivity index (χ0) is 18.0. The molecule has 7 heteroatoms. The highest BCUT2D eigenvalue weighted by atomic mass is 32.2. The maximum Gasteiger partial charge on any atom is 0.243 e. The Labute approximate surface area is 148 Å². The first-order valence-electron chi connectivity index (χ1n) is 8.81. The number of carbonyl (C=O) groups is 1. The van der Waals surface area contributed by atoms with Crippen LogP contribution in [0.25, 0.3) is 0 Å². The second-order valence-corrected chi connectivity index (χ2v) is 9.87. The summed E-state index contributed by atoms with van der Waals surface area (Å²) in [7, 11) is -3.61. The van der Waals surface area contributed by atoms with Crippen LogP contribution in [0.4, 0.5) is 5.69 Å². The molecule has 2 heterocycles. The first-order chi connectivity index (χ1) is 11.7. The molecule has 1 aromatic carbocycles. The molecule has 1 saturated heterocycles. The minimum absolute atomic E-state index is 0.00682. The van der Waals surface area contributed by atoms with Gasteiger partial charge in [0, 0.05) is 18.8 Å².